The van der Waals surface area contributed by atoms with E-state index in [2.05, 4.69) is 57.9 Å². The average molecular weight is 483 g/mol. The largest absolute Gasteiger partial charge is 0.493 e. The van der Waals surface area contributed by atoms with Crippen LogP contribution in [0.2, 0.25) is 0 Å². The lowest BCUT2D eigenvalue weighted by molar-refractivity contribution is 0.357. The lowest BCUT2D eigenvalue weighted by Crippen LogP contribution is -2.38. The maximum atomic E-state index is 5.57. The average Bonchev–Trinajstić information content (AvgIpc) is 3.27. The molecule has 1 aromatic heterocycles. The van der Waals surface area contributed by atoms with Gasteiger partial charge in [-0.3, -0.25) is 10.1 Å². The van der Waals surface area contributed by atoms with Crippen LogP contribution in [0.15, 0.2) is 29.4 Å². The highest BCUT2D eigenvalue weighted by molar-refractivity contribution is 14.0. The second kappa shape index (κ2) is 11.2. The summed E-state index contributed by atoms with van der Waals surface area (Å²) in [6, 6.07) is 6.51. The van der Waals surface area contributed by atoms with Crippen molar-refractivity contribution in [3.63, 3.8) is 0 Å². The third-order valence-corrected chi connectivity index (χ3v) is 4.61. The van der Waals surface area contributed by atoms with Gasteiger partial charge in [0, 0.05) is 31.7 Å². The number of nitrogens with one attached hydrogen (secondary N) is 3. The molecule has 0 spiro atoms. The van der Waals surface area contributed by atoms with Gasteiger partial charge >= 0.3 is 0 Å². The van der Waals surface area contributed by atoms with Crippen LogP contribution >= 0.6 is 24.0 Å². The first kappa shape index (κ1) is 21.5. The predicted molar refractivity (Wildman–Crippen MR) is 120 cm³/mol. The van der Waals surface area contributed by atoms with Crippen molar-refractivity contribution in [2.75, 3.05) is 26.2 Å². The molecule has 1 aromatic carbocycles. The van der Waals surface area contributed by atoms with E-state index >= 15 is 0 Å². The van der Waals surface area contributed by atoms with Gasteiger partial charge < -0.3 is 15.4 Å². The number of hydrogen-bond donors (Lipinski definition) is 3. The van der Waals surface area contributed by atoms with Crippen LogP contribution in [0.1, 0.15) is 35.7 Å². The normalized spacial score (nSPS) is 12.9. The minimum atomic E-state index is 0. The van der Waals surface area contributed by atoms with Crippen LogP contribution in [0.5, 0.6) is 5.75 Å². The summed E-state index contributed by atoms with van der Waals surface area (Å²) in [5.41, 5.74) is 5.10. The van der Waals surface area contributed by atoms with Crippen LogP contribution in [0.3, 0.4) is 0 Å². The number of halogens is 1. The number of aliphatic imine (C=N–C) groups is 1. The summed E-state index contributed by atoms with van der Waals surface area (Å²) in [6.07, 6.45) is 5.93. The fourth-order valence-corrected chi connectivity index (χ4v) is 3.15. The van der Waals surface area contributed by atoms with E-state index in [-0.39, 0.29) is 24.0 Å². The molecule has 6 nitrogen and oxygen atoms in total. The number of rotatable bonds is 8. The number of benzene rings is 1. The maximum Gasteiger partial charge on any atom is 0.191 e. The number of aromatic nitrogens is 2. The summed E-state index contributed by atoms with van der Waals surface area (Å²) in [4.78, 5) is 4.68. The zero-order chi connectivity index (χ0) is 18.2. The molecule has 0 fully saturated rings. The summed E-state index contributed by atoms with van der Waals surface area (Å²) in [5.74, 6) is 1.94. The topological polar surface area (TPSA) is 74.3 Å². The fourth-order valence-electron chi connectivity index (χ4n) is 3.15. The van der Waals surface area contributed by atoms with Gasteiger partial charge in [0.1, 0.15) is 5.75 Å². The maximum absolute atomic E-state index is 5.57. The van der Waals surface area contributed by atoms with Crippen LogP contribution in [-0.4, -0.2) is 42.4 Å². The molecule has 0 saturated carbocycles. The molecule has 0 aliphatic carbocycles. The molecular weight excluding hydrogens is 453 g/mol. The van der Waals surface area contributed by atoms with E-state index < -0.39 is 0 Å². The van der Waals surface area contributed by atoms with Gasteiger partial charge in [0.15, 0.2) is 5.96 Å². The highest BCUT2D eigenvalue weighted by Crippen LogP contribution is 2.25. The second-order valence-corrected chi connectivity index (χ2v) is 6.60. The molecule has 3 N–H and O–H groups in total. The Morgan fingerprint density at radius 2 is 2.19 bits per heavy atom. The van der Waals surface area contributed by atoms with Gasteiger partial charge in [0.05, 0.1) is 12.8 Å². The number of aromatic amines is 1. The third-order valence-electron chi connectivity index (χ3n) is 4.61. The first-order valence-electron chi connectivity index (χ1n) is 9.52. The molecule has 0 bridgehead atoms. The Hall–Kier alpha value is -1.77. The molecule has 2 aromatic rings. The Morgan fingerprint density at radius 1 is 1.30 bits per heavy atom. The molecule has 0 atom stereocenters. The zero-order valence-electron chi connectivity index (χ0n) is 16.2. The molecule has 1 aliphatic heterocycles. The standard InChI is InChI=1S/C20H29N5O.HI/c1-3-21-20(22-10-4-5-18-14-24-25-15(18)2)23-11-8-16-6-7-19-17(13-16)9-12-26-19;/h6-7,13-14H,3-5,8-12H2,1-2H3,(H,24,25)(H2,21,22,23);1H. The highest BCUT2D eigenvalue weighted by Gasteiger charge is 2.11. The van der Waals surface area contributed by atoms with Crippen molar-refractivity contribution in [2.24, 2.45) is 4.99 Å². The Morgan fingerprint density at radius 3 is 2.96 bits per heavy atom. The molecule has 0 amide bonds. The Kier molecular flexibility index (Phi) is 8.90. The van der Waals surface area contributed by atoms with Gasteiger partial charge in [0.25, 0.3) is 0 Å². The number of guanidine groups is 1. The molecule has 1 aliphatic rings. The summed E-state index contributed by atoms with van der Waals surface area (Å²) < 4.78 is 5.57. The van der Waals surface area contributed by atoms with Crippen LogP contribution in [0.25, 0.3) is 0 Å². The fraction of sp³-hybridized carbons (Fsp3) is 0.500. The lowest BCUT2D eigenvalue weighted by atomic mass is 10.1. The molecule has 7 heteroatoms. The van der Waals surface area contributed by atoms with E-state index in [0.717, 1.165) is 69.3 Å². The number of aryl methyl sites for hydroxylation is 2. The summed E-state index contributed by atoms with van der Waals surface area (Å²) >= 11 is 0. The lowest BCUT2D eigenvalue weighted by Gasteiger charge is -2.11. The molecule has 2 heterocycles. The summed E-state index contributed by atoms with van der Waals surface area (Å²) in [5, 5.41) is 13.8. The number of H-pyrrole nitrogens is 1. The van der Waals surface area contributed by atoms with Gasteiger partial charge in [-0.15, -0.1) is 24.0 Å². The summed E-state index contributed by atoms with van der Waals surface area (Å²) in [6.45, 7) is 7.49. The van der Waals surface area contributed by atoms with E-state index in [1.54, 1.807) is 0 Å². The van der Waals surface area contributed by atoms with Crippen molar-refractivity contribution >= 4 is 29.9 Å². The molecule has 148 valence electrons. The van der Waals surface area contributed by atoms with Crippen molar-refractivity contribution in [2.45, 2.75) is 39.5 Å². The van der Waals surface area contributed by atoms with Crippen molar-refractivity contribution in [1.82, 2.24) is 20.8 Å². The number of hydrogen-bond acceptors (Lipinski definition) is 3. The van der Waals surface area contributed by atoms with Crippen LogP contribution < -0.4 is 15.4 Å². The minimum absolute atomic E-state index is 0. The monoisotopic (exact) mass is 483 g/mol. The number of ether oxygens (including phenoxy) is 1. The predicted octanol–water partition coefficient (Wildman–Crippen LogP) is 3.00. The number of fused-ring (bicyclic) bond motifs is 1. The van der Waals surface area contributed by atoms with Gasteiger partial charge in [-0.05, 0) is 55.9 Å². The smallest absolute Gasteiger partial charge is 0.191 e. The van der Waals surface area contributed by atoms with Gasteiger partial charge in [-0.2, -0.15) is 5.10 Å². The third kappa shape index (κ3) is 6.41. The van der Waals surface area contributed by atoms with Crippen LogP contribution in [0, 0.1) is 6.92 Å². The summed E-state index contributed by atoms with van der Waals surface area (Å²) in [7, 11) is 0. The van der Waals surface area contributed by atoms with Crippen molar-refractivity contribution < 1.29 is 4.74 Å². The van der Waals surface area contributed by atoms with Crippen molar-refractivity contribution in [1.29, 1.82) is 0 Å². The highest BCUT2D eigenvalue weighted by atomic mass is 127. The van der Waals surface area contributed by atoms with Gasteiger partial charge in [-0.25, -0.2) is 0 Å². The van der Waals surface area contributed by atoms with Crippen molar-refractivity contribution in [3.8, 4) is 5.75 Å². The van der Waals surface area contributed by atoms with Crippen LogP contribution in [0.4, 0.5) is 0 Å². The SMILES string of the molecule is CCNC(=NCCCc1cn[nH]c1C)NCCc1ccc2c(c1)CCO2.I. The minimum Gasteiger partial charge on any atom is -0.493 e. The molecular formula is C20H30IN5O. The van der Waals surface area contributed by atoms with E-state index in [4.69, 9.17) is 4.74 Å². The van der Waals surface area contributed by atoms with E-state index in [0.29, 0.717) is 0 Å². The Balaban J connectivity index is 0.00000261. The quantitative estimate of drug-likeness (QED) is 0.234. The van der Waals surface area contributed by atoms with E-state index in [1.165, 1.54) is 16.7 Å². The van der Waals surface area contributed by atoms with Gasteiger partial charge in [-0.1, -0.05) is 12.1 Å². The number of nitrogens with zero attached hydrogens (tertiary/aromatic N) is 2. The molecule has 3 rings (SSSR count). The first-order valence-corrected chi connectivity index (χ1v) is 9.52. The zero-order valence-corrected chi connectivity index (χ0v) is 18.5. The Labute approximate surface area is 178 Å². The molecule has 27 heavy (non-hydrogen) atoms. The Bertz CT molecular complexity index is 744. The van der Waals surface area contributed by atoms with E-state index in [1.807, 2.05) is 6.20 Å². The first-order chi connectivity index (χ1) is 12.8. The molecule has 0 saturated heterocycles. The molecule has 0 radical (unpaired) electrons. The van der Waals surface area contributed by atoms with E-state index in [9.17, 15) is 0 Å². The van der Waals surface area contributed by atoms with Gasteiger partial charge in [0.2, 0.25) is 0 Å². The second-order valence-electron chi connectivity index (χ2n) is 6.60. The van der Waals surface area contributed by atoms with Crippen LogP contribution in [-0.2, 0) is 19.3 Å². The van der Waals surface area contributed by atoms with Crippen molar-refractivity contribution in [3.05, 3.63) is 46.8 Å². The molecule has 0 unspecified atom stereocenters.